The fourth-order valence-corrected chi connectivity index (χ4v) is 6.57. The lowest BCUT2D eigenvalue weighted by atomic mass is 10.1. The Bertz CT molecular complexity index is 2240. The molecule has 0 aliphatic carbocycles. The lowest BCUT2D eigenvalue weighted by Gasteiger charge is -2.19. The number of pyridine rings is 1. The maximum atomic E-state index is 15.0. The molecule has 3 aromatic heterocycles. The van der Waals surface area contributed by atoms with Crippen LogP contribution in [0.3, 0.4) is 0 Å². The van der Waals surface area contributed by atoms with E-state index < -0.39 is 38.3 Å². The van der Waals surface area contributed by atoms with Gasteiger partial charge in [-0.1, -0.05) is 60.7 Å². The van der Waals surface area contributed by atoms with Gasteiger partial charge in [-0.25, -0.2) is 27.2 Å². The van der Waals surface area contributed by atoms with E-state index in [4.69, 9.17) is 4.74 Å². The molecule has 6 rings (SSSR count). The van der Waals surface area contributed by atoms with E-state index in [1.165, 1.54) is 22.9 Å². The normalized spacial score (nSPS) is 12.4. The predicted octanol–water partition coefficient (Wildman–Crippen LogP) is 5.95. The summed E-state index contributed by atoms with van der Waals surface area (Å²) in [6.07, 6.45) is 2.58. The highest BCUT2D eigenvalue weighted by atomic mass is 32.2. The van der Waals surface area contributed by atoms with Crippen LogP contribution in [0.25, 0.3) is 22.2 Å². The van der Waals surface area contributed by atoms with Crippen LogP contribution in [0.1, 0.15) is 34.9 Å². The van der Waals surface area contributed by atoms with Crippen molar-refractivity contribution >= 4 is 20.7 Å². The number of benzene rings is 3. The molecular formula is C35H31F2N5O4S. The highest BCUT2D eigenvalue weighted by molar-refractivity contribution is 7.91. The molecule has 0 N–H and O–H groups in total. The minimum absolute atomic E-state index is 0.0470. The molecule has 0 saturated heterocycles. The summed E-state index contributed by atoms with van der Waals surface area (Å²) in [6.45, 7) is 1.65. The van der Waals surface area contributed by atoms with Crippen LogP contribution in [0.2, 0.25) is 0 Å². The Labute approximate surface area is 270 Å². The summed E-state index contributed by atoms with van der Waals surface area (Å²) < 4.78 is 65.4. The fraction of sp³-hybridized carbons (Fsp3) is 0.200. The van der Waals surface area contributed by atoms with E-state index in [2.05, 4.69) is 15.1 Å². The topological polar surface area (TPSA) is 109 Å². The average molecular weight is 656 g/mol. The van der Waals surface area contributed by atoms with Crippen molar-refractivity contribution in [1.82, 2.24) is 24.3 Å². The van der Waals surface area contributed by atoms with Crippen molar-refractivity contribution in [2.24, 2.45) is 7.05 Å². The zero-order chi connectivity index (χ0) is 33.1. The first kappa shape index (κ1) is 31.9. The van der Waals surface area contributed by atoms with Gasteiger partial charge in [0.15, 0.2) is 5.82 Å². The third kappa shape index (κ3) is 7.18. The zero-order valence-corrected chi connectivity index (χ0v) is 26.5. The number of aryl methyl sites for hydroxylation is 2. The molecule has 0 bridgehead atoms. The van der Waals surface area contributed by atoms with E-state index in [0.717, 1.165) is 28.1 Å². The van der Waals surface area contributed by atoms with Crippen molar-refractivity contribution < 1.29 is 21.9 Å². The van der Waals surface area contributed by atoms with E-state index in [0.29, 0.717) is 11.3 Å². The van der Waals surface area contributed by atoms with Crippen LogP contribution in [0, 0.1) is 18.6 Å². The summed E-state index contributed by atoms with van der Waals surface area (Å²) in [5, 5.41) is 4.74. The number of halogens is 2. The van der Waals surface area contributed by atoms with Crippen molar-refractivity contribution in [2.75, 3.05) is 5.75 Å². The summed E-state index contributed by atoms with van der Waals surface area (Å²) >= 11 is 0. The van der Waals surface area contributed by atoms with Gasteiger partial charge in [-0.3, -0.25) is 9.48 Å². The maximum Gasteiger partial charge on any atom is 0.286 e. The first-order valence-corrected chi connectivity index (χ1v) is 16.5. The Kier molecular flexibility index (Phi) is 9.06. The van der Waals surface area contributed by atoms with Gasteiger partial charge in [0, 0.05) is 35.5 Å². The molecule has 1 unspecified atom stereocenters. The smallest absolute Gasteiger partial charge is 0.286 e. The summed E-state index contributed by atoms with van der Waals surface area (Å²) in [5.74, 6) is -1.77. The van der Waals surface area contributed by atoms with E-state index in [1.807, 2.05) is 55.6 Å². The van der Waals surface area contributed by atoms with Gasteiger partial charge in [0.2, 0.25) is 15.0 Å². The lowest BCUT2D eigenvalue weighted by Crippen LogP contribution is -2.23. The molecule has 0 amide bonds. The van der Waals surface area contributed by atoms with Crippen LogP contribution in [0.4, 0.5) is 8.78 Å². The van der Waals surface area contributed by atoms with Gasteiger partial charge < -0.3 is 9.30 Å². The number of fused-ring (bicyclic) bond motifs is 1. The second-order valence-corrected chi connectivity index (χ2v) is 13.3. The van der Waals surface area contributed by atoms with E-state index in [1.54, 1.807) is 36.0 Å². The number of hydrogen-bond acceptors (Lipinski definition) is 7. The van der Waals surface area contributed by atoms with Gasteiger partial charge in [0.1, 0.15) is 5.82 Å². The molecule has 0 fully saturated rings. The summed E-state index contributed by atoms with van der Waals surface area (Å²) in [7, 11) is -2.24. The van der Waals surface area contributed by atoms with Gasteiger partial charge in [0.05, 0.1) is 42.4 Å². The van der Waals surface area contributed by atoms with Gasteiger partial charge >= 0.3 is 0 Å². The van der Waals surface area contributed by atoms with Crippen LogP contribution < -0.4 is 5.56 Å². The molecule has 1 atom stereocenters. The number of nitrogens with zero attached hydrogens (tertiary/aromatic N) is 5. The average Bonchev–Trinajstić information content (AvgIpc) is 3.43. The van der Waals surface area contributed by atoms with Crippen molar-refractivity contribution in [3.05, 3.63) is 142 Å². The zero-order valence-electron chi connectivity index (χ0n) is 25.7. The summed E-state index contributed by atoms with van der Waals surface area (Å²) in [5.41, 5.74) is 2.62. The lowest BCUT2D eigenvalue weighted by molar-refractivity contribution is 0.0361. The molecule has 0 saturated carbocycles. The molecule has 0 radical (unpaired) electrons. The molecule has 6 aromatic rings. The Morgan fingerprint density at radius 3 is 2.47 bits per heavy atom. The molecule has 0 aliphatic heterocycles. The highest BCUT2D eigenvalue weighted by Gasteiger charge is 2.24. The minimum atomic E-state index is -4.05. The molecule has 47 heavy (non-hydrogen) atoms. The predicted molar refractivity (Wildman–Crippen MR) is 173 cm³/mol. The quantitative estimate of drug-likeness (QED) is 0.159. The molecule has 0 aliphatic rings. The number of hydrogen-bond donors (Lipinski definition) is 0. The Morgan fingerprint density at radius 2 is 1.68 bits per heavy atom. The Balaban J connectivity index is 1.26. The Morgan fingerprint density at radius 1 is 0.915 bits per heavy atom. The highest BCUT2D eigenvalue weighted by Crippen LogP contribution is 2.26. The van der Waals surface area contributed by atoms with Crippen LogP contribution in [-0.4, -0.2) is 38.5 Å². The van der Waals surface area contributed by atoms with Crippen LogP contribution in [0.5, 0.6) is 0 Å². The van der Waals surface area contributed by atoms with E-state index >= 15 is 0 Å². The number of aromatic nitrogens is 5. The van der Waals surface area contributed by atoms with E-state index in [-0.39, 0.29) is 36.6 Å². The fourth-order valence-electron chi connectivity index (χ4n) is 5.34. The second-order valence-electron chi connectivity index (χ2n) is 11.3. The standard InChI is InChI=1S/C35H31F2N5O4S/c1-23-16-31(28-18-30(37)34(43)42(21-28)20-24-12-13-26-19-38-41(2)32(26)17-24)40-35(39-23)47(44,45)15-14-33(25-8-4-3-5-9-25)46-22-27-10-6-7-11-29(27)36/h3-13,16-19,21,33H,14-15,20,22H2,1-2H3. The molecule has 0 spiro atoms. The Hall–Kier alpha value is -5.07. The van der Waals surface area contributed by atoms with Crippen LogP contribution in [0.15, 0.2) is 107 Å². The maximum absolute atomic E-state index is 15.0. The molecule has 3 heterocycles. The van der Waals surface area contributed by atoms with Gasteiger partial charge in [-0.05, 0) is 48.7 Å². The SMILES string of the molecule is Cc1cc(-c2cc(F)c(=O)n(Cc3ccc4cnn(C)c4c3)c2)nc(S(=O)(=O)CCC(OCc2ccccc2F)c2ccccc2)n1. The number of rotatable bonds is 11. The minimum Gasteiger partial charge on any atom is -0.369 e. The number of sulfone groups is 1. The summed E-state index contributed by atoms with van der Waals surface area (Å²) in [4.78, 5) is 21.3. The molecule has 240 valence electrons. The third-order valence-corrected chi connectivity index (χ3v) is 9.35. The van der Waals surface area contributed by atoms with Crippen molar-refractivity contribution in [3.63, 3.8) is 0 Å². The van der Waals surface area contributed by atoms with Crippen molar-refractivity contribution in [1.29, 1.82) is 0 Å². The molecule has 3 aromatic carbocycles. The van der Waals surface area contributed by atoms with Gasteiger partial charge in [-0.15, -0.1) is 0 Å². The van der Waals surface area contributed by atoms with Crippen LogP contribution >= 0.6 is 0 Å². The summed E-state index contributed by atoms with van der Waals surface area (Å²) in [6, 6.07) is 23.5. The van der Waals surface area contributed by atoms with Crippen LogP contribution in [-0.2, 0) is 34.8 Å². The largest absolute Gasteiger partial charge is 0.369 e. The monoisotopic (exact) mass is 655 g/mol. The first-order valence-electron chi connectivity index (χ1n) is 14.9. The van der Waals surface area contributed by atoms with Gasteiger partial charge in [0.25, 0.3) is 5.56 Å². The first-order chi connectivity index (χ1) is 22.6. The number of ether oxygens (including phenoxy) is 1. The molecular weight excluding hydrogens is 624 g/mol. The van der Waals surface area contributed by atoms with Gasteiger partial charge in [-0.2, -0.15) is 5.10 Å². The van der Waals surface area contributed by atoms with Crippen molar-refractivity contribution in [3.8, 4) is 11.3 Å². The second kappa shape index (κ2) is 13.3. The third-order valence-electron chi connectivity index (χ3n) is 7.83. The molecule has 12 heteroatoms. The van der Waals surface area contributed by atoms with Crippen molar-refractivity contribution in [2.45, 2.75) is 37.8 Å². The van der Waals surface area contributed by atoms with E-state index in [9.17, 15) is 22.0 Å². The molecule has 9 nitrogen and oxygen atoms in total.